The first kappa shape index (κ1) is 25.9. The summed E-state index contributed by atoms with van der Waals surface area (Å²) in [5.74, 6) is -0.348. The van der Waals surface area contributed by atoms with Crippen molar-refractivity contribution in [3.05, 3.63) is 54.1 Å². The fraction of sp³-hybridized carbons (Fsp3) is 0.375. The molecule has 10 nitrogen and oxygen atoms in total. The summed E-state index contributed by atoms with van der Waals surface area (Å²) in [5, 5.41) is 11.6. The van der Waals surface area contributed by atoms with Gasteiger partial charge in [0.05, 0.1) is 17.8 Å². The van der Waals surface area contributed by atoms with E-state index in [2.05, 4.69) is 25.5 Å². The van der Waals surface area contributed by atoms with Crippen LogP contribution < -0.4 is 15.8 Å². The van der Waals surface area contributed by atoms with Crippen molar-refractivity contribution in [3.8, 4) is 17.0 Å². The standard InChI is InChI=1S/C24H27F3N8O2/c1-4-14(3)31-22(36)18-8-16(11-35-21(18)32-23(28)33-35)17-10-30-34(12-17)19(5-2)15-6-7-20(29-9-15)37-13-24(25,26)27/h6-12,14,19H,4-5,13H2,1-3H3,(H2,28,33)(H,31,36). The van der Waals surface area contributed by atoms with Gasteiger partial charge in [-0.2, -0.15) is 23.3 Å². The smallest absolute Gasteiger partial charge is 0.422 e. The van der Waals surface area contributed by atoms with Crippen LogP contribution in [0.3, 0.4) is 0 Å². The van der Waals surface area contributed by atoms with E-state index in [4.69, 9.17) is 10.5 Å². The van der Waals surface area contributed by atoms with Crippen LogP contribution in [0.25, 0.3) is 16.8 Å². The predicted molar refractivity (Wildman–Crippen MR) is 130 cm³/mol. The molecule has 2 atom stereocenters. The number of ether oxygens (including phenoxy) is 1. The molecule has 4 rings (SSSR count). The number of fused-ring (bicyclic) bond motifs is 1. The Balaban J connectivity index is 1.62. The summed E-state index contributed by atoms with van der Waals surface area (Å²) in [6.07, 6.45) is 3.65. The number of nitrogens with one attached hydrogen (secondary N) is 1. The molecular weight excluding hydrogens is 489 g/mol. The average molecular weight is 517 g/mol. The lowest BCUT2D eigenvalue weighted by Gasteiger charge is -2.16. The number of anilines is 1. The predicted octanol–water partition coefficient (Wildman–Crippen LogP) is 4.04. The highest BCUT2D eigenvalue weighted by Crippen LogP contribution is 2.27. The number of amides is 1. The molecule has 13 heteroatoms. The van der Waals surface area contributed by atoms with Gasteiger partial charge in [-0.05, 0) is 37.5 Å². The number of nitrogen functional groups attached to an aromatic ring is 1. The van der Waals surface area contributed by atoms with Crippen molar-refractivity contribution in [1.29, 1.82) is 0 Å². The third kappa shape index (κ3) is 5.98. The van der Waals surface area contributed by atoms with E-state index in [1.54, 1.807) is 29.2 Å². The molecule has 0 radical (unpaired) electrons. The lowest BCUT2D eigenvalue weighted by atomic mass is 10.1. The van der Waals surface area contributed by atoms with Crippen molar-refractivity contribution in [3.63, 3.8) is 0 Å². The van der Waals surface area contributed by atoms with Gasteiger partial charge in [0.25, 0.3) is 5.91 Å². The van der Waals surface area contributed by atoms with Gasteiger partial charge in [0.2, 0.25) is 11.8 Å². The van der Waals surface area contributed by atoms with Crippen LogP contribution >= 0.6 is 0 Å². The highest BCUT2D eigenvalue weighted by molar-refractivity contribution is 6.01. The van der Waals surface area contributed by atoms with E-state index in [9.17, 15) is 18.0 Å². The van der Waals surface area contributed by atoms with E-state index in [1.807, 2.05) is 27.0 Å². The number of hydrogen-bond donors (Lipinski definition) is 2. The van der Waals surface area contributed by atoms with Gasteiger partial charge in [-0.15, -0.1) is 5.10 Å². The number of carbonyl (C=O) groups excluding carboxylic acids is 1. The Morgan fingerprint density at radius 2 is 1.95 bits per heavy atom. The van der Waals surface area contributed by atoms with Crippen LogP contribution in [0.5, 0.6) is 5.88 Å². The number of rotatable bonds is 9. The van der Waals surface area contributed by atoms with Crippen molar-refractivity contribution in [1.82, 2.24) is 34.7 Å². The van der Waals surface area contributed by atoms with E-state index < -0.39 is 12.8 Å². The largest absolute Gasteiger partial charge is 0.468 e. The summed E-state index contributed by atoms with van der Waals surface area (Å²) in [5.41, 5.74) is 8.64. The number of aromatic nitrogens is 6. The lowest BCUT2D eigenvalue weighted by molar-refractivity contribution is -0.154. The molecule has 0 aliphatic carbocycles. The molecule has 0 aliphatic heterocycles. The van der Waals surface area contributed by atoms with E-state index in [-0.39, 0.29) is 29.8 Å². The quantitative estimate of drug-likeness (QED) is 0.344. The molecular formula is C24H27F3N8O2. The summed E-state index contributed by atoms with van der Waals surface area (Å²) in [6, 6.07) is 4.53. The number of nitrogens with two attached hydrogens (primary N) is 1. The Kier molecular flexibility index (Phi) is 7.32. The van der Waals surface area contributed by atoms with Gasteiger partial charge in [0.15, 0.2) is 12.3 Å². The first-order valence-corrected chi connectivity index (χ1v) is 11.7. The fourth-order valence-corrected chi connectivity index (χ4v) is 3.79. The van der Waals surface area contributed by atoms with Crippen LogP contribution in [0.2, 0.25) is 0 Å². The van der Waals surface area contributed by atoms with Crippen LogP contribution in [0.4, 0.5) is 19.1 Å². The molecule has 0 bridgehead atoms. The maximum absolute atomic E-state index is 13.0. The molecule has 0 spiro atoms. The molecule has 4 aromatic rings. The molecule has 0 saturated carbocycles. The third-order valence-corrected chi connectivity index (χ3v) is 5.85. The summed E-state index contributed by atoms with van der Waals surface area (Å²) in [4.78, 5) is 21.2. The molecule has 0 aliphatic rings. The Labute approximate surface area is 210 Å². The van der Waals surface area contributed by atoms with Gasteiger partial charge in [-0.1, -0.05) is 13.8 Å². The minimum Gasteiger partial charge on any atom is -0.468 e. The van der Waals surface area contributed by atoms with E-state index in [0.717, 1.165) is 17.5 Å². The fourth-order valence-electron chi connectivity index (χ4n) is 3.79. The van der Waals surface area contributed by atoms with Crippen molar-refractivity contribution in [2.24, 2.45) is 0 Å². The second kappa shape index (κ2) is 10.4. The highest BCUT2D eigenvalue weighted by atomic mass is 19.4. The maximum Gasteiger partial charge on any atom is 0.422 e. The topological polar surface area (TPSA) is 125 Å². The molecule has 3 N–H and O–H groups in total. The minimum atomic E-state index is -4.44. The van der Waals surface area contributed by atoms with Crippen LogP contribution in [-0.4, -0.2) is 54.1 Å². The van der Waals surface area contributed by atoms with Gasteiger partial charge in [0.1, 0.15) is 0 Å². The van der Waals surface area contributed by atoms with Gasteiger partial charge in [-0.25, -0.2) is 9.50 Å². The molecule has 0 saturated heterocycles. The van der Waals surface area contributed by atoms with Gasteiger partial charge >= 0.3 is 6.18 Å². The normalized spacial score (nSPS) is 13.5. The minimum absolute atomic E-state index is 0.0246. The molecule has 37 heavy (non-hydrogen) atoms. The lowest BCUT2D eigenvalue weighted by Crippen LogP contribution is -2.32. The van der Waals surface area contributed by atoms with Crippen molar-refractivity contribution in [2.45, 2.75) is 51.9 Å². The Morgan fingerprint density at radius 3 is 2.59 bits per heavy atom. The van der Waals surface area contributed by atoms with E-state index in [0.29, 0.717) is 23.2 Å². The Morgan fingerprint density at radius 1 is 1.16 bits per heavy atom. The Bertz CT molecular complexity index is 1380. The molecule has 0 fully saturated rings. The van der Waals surface area contributed by atoms with Crippen LogP contribution in [0, 0.1) is 0 Å². The molecule has 1 amide bonds. The molecule has 4 heterocycles. The third-order valence-electron chi connectivity index (χ3n) is 5.85. The van der Waals surface area contributed by atoms with Crippen molar-refractivity contribution in [2.75, 3.05) is 12.3 Å². The monoisotopic (exact) mass is 516 g/mol. The number of alkyl halides is 3. The number of pyridine rings is 2. The summed E-state index contributed by atoms with van der Waals surface area (Å²) in [7, 11) is 0. The van der Waals surface area contributed by atoms with Gasteiger partial charge < -0.3 is 15.8 Å². The summed E-state index contributed by atoms with van der Waals surface area (Å²) >= 11 is 0. The molecule has 0 aromatic carbocycles. The van der Waals surface area contributed by atoms with E-state index in [1.165, 1.54) is 16.8 Å². The zero-order valence-corrected chi connectivity index (χ0v) is 20.5. The molecule has 196 valence electrons. The summed E-state index contributed by atoms with van der Waals surface area (Å²) < 4.78 is 45.1. The van der Waals surface area contributed by atoms with Crippen LogP contribution in [-0.2, 0) is 0 Å². The second-order valence-electron chi connectivity index (χ2n) is 8.63. The molecule has 4 aromatic heterocycles. The number of hydrogen-bond acceptors (Lipinski definition) is 7. The SMILES string of the molecule is CCC(C)NC(=O)c1cc(-c2cnn(C(CC)c3ccc(OCC(F)(F)F)nc3)c2)cn2nc(N)nc12. The van der Waals surface area contributed by atoms with Crippen LogP contribution in [0.1, 0.15) is 55.6 Å². The Hall–Kier alpha value is -4.16. The summed E-state index contributed by atoms with van der Waals surface area (Å²) in [6.45, 7) is 4.44. The number of halogens is 3. The zero-order chi connectivity index (χ0) is 26.7. The van der Waals surface area contributed by atoms with Crippen molar-refractivity contribution < 1.29 is 22.7 Å². The maximum atomic E-state index is 13.0. The van der Waals surface area contributed by atoms with Gasteiger partial charge in [0, 0.05) is 41.8 Å². The van der Waals surface area contributed by atoms with Gasteiger partial charge in [-0.3, -0.25) is 9.48 Å². The average Bonchev–Trinajstić information content (AvgIpc) is 3.49. The first-order valence-electron chi connectivity index (χ1n) is 11.7. The van der Waals surface area contributed by atoms with E-state index >= 15 is 0 Å². The zero-order valence-electron chi connectivity index (χ0n) is 20.5. The highest BCUT2D eigenvalue weighted by Gasteiger charge is 2.28. The van der Waals surface area contributed by atoms with Crippen LogP contribution in [0.15, 0.2) is 43.0 Å². The molecule has 2 unspecified atom stereocenters. The second-order valence-corrected chi connectivity index (χ2v) is 8.63. The number of nitrogens with zero attached hydrogens (tertiary/aromatic N) is 6. The van der Waals surface area contributed by atoms with Crippen molar-refractivity contribution >= 4 is 17.5 Å². The first-order chi connectivity index (χ1) is 17.6. The number of carbonyl (C=O) groups is 1.